The number of thioether (sulfide) groups is 1. The smallest absolute Gasteiger partial charge is 0.285 e. The van der Waals surface area contributed by atoms with Crippen molar-refractivity contribution in [3.05, 3.63) is 64.4 Å². The molecule has 25 heavy (non-hydrogen) atoms. The lowest BCUT2D eigenvalue weighted by atomic mass is 10.2. The number of rotatable bonds is 4. The second kappa shape index (κ2) is 8.82. The first-order chi connectivity index (χ1) is 11.8. The fourth-order valence-corrected chi connectivity index (χ4v) is 2.92. The van der Waals surface area contributed by atoms with Gasteiger partial charge in [0.05, 0.1) is 0 Å². The Morgan fingerprint density at radius 2 is 1.96 bits per heavy atom. The van der Waals surface area contributed by atoms with Crippen LogP contribution in [0.3, 0.4) is 0 Å². The maximum Gasteiger partial charge on any atom is 0.285 e. The number of hydrogen-bond donors (Lipinski definition) is 1. The molecule has 0 unspecified atom stereocenters. The van der Waals surface area contributed by atoms with Gasteiger partial charge in [-0.15, -0.1) is 0 Å². The maximum atomic E-state index is 13.6. The number of nitrogens with one attached hydrogen (secondary N) is 1. The molecule has 0 aromatic heterocycles. The van der Waals surface area contributed by atoms with E-state index in [4.69, 9.17) is 0 Å². The van der Waals surface area contributed by atoms with Gasteiger partial charge in [0, 0.05) is 40.8 Å². The van der Waals surface area contributed by atoms with Gasteiger partial charge in [-0.2, -0.15) is 0 Å². The van der Waals surface area contributed by atoms with Gasteiger partial charge in [-0.3, -0.25) is 9.59 Å². The highest BCUT2D eigenvalue weighted by molar-refractivity contribution is 9.10. The minimum Gasteiger partial charge on any atom is -0.339 e. The van der Waals surface area contributed by atoms with Crippen molar-refractivity contribution in [1.29, 1.82) is 0 Å². The number of amides is 2. The molecule has 0 fully saturated rings. The highest BCUT2D eigenvalue weighted by Crippen LogP contribution is 2.23. The summed E-state index contributed by atoms with van der Waals surface area (Å²) in [7, 11) is 3.35. The van der Waals surface area contributed by atoms with Crippen molar-refractivity contribution in [3.8, 4) is 0 Å². The Balaban J connectivity index is 2.04. The molecule has 1 N–H and O–H groups in total. The number of carbonyl (C=O) groups is 2. The summed E-state index contributed by atoms with van der Waals surface area (Å²) in [4.78, 5) is 25.9. The monoisotopic (exact) mass is 422 g/mol. The molecule has 0 aliphatic carbocycles. The van der Waals surface area contributed by atoms with E-state index in [1.807, 2.05) is 0 Å². The molecular weight excluding hydrogens is 407 g/mol. The molecule has 130 valence electrons. The molecule has 2 amide bonds. The predicted octanol–water partition coefficient (Wildman–Crippen LogP) is 5.01. The molecule has 2 rings (SSSR count). The Labute approximate surface area is 158 Å². The SMILES string of the molecule is CN(C)C(=O)Sc1cccc(NC(=O)C=Cc2cc(Br)ccc2F)c1. The van der Waals surface area contributed by atoms with Gasteiger partial charge in [-0.1, -0.05) is 22.0 Å². The molecule has 0 saturated heterocycles. The third-order valence-corrected chi connectivity index (χ3v) is 4.57. The molecule has 4 nitrogen and oxygen atoms in total. The van der Waals surface area contributed by atoms with Crippen LogP contribution in [0.15, 0.2) is 57.9 Å². The van der Waals surface area contributed by atoms with Gasteiger partial charge in [0.25, 0.3) is 5.24 Å². The van der Waals surface area contributed by atoms with E-state index in [0.717, 1.165) is 21.1 Å². The van der Waals surface area contributed by atoms with Crippen LogP contribution in [0.1, 0.15) is 5.56 Å². The normalized spacial score (nSPS) is 10.7. The molecule has 0 bridgehead atoms. The van der Waals surface area contributed by atoms with Crippen molar-refractivity contribution >= 4 is 50.6 Å². The summed E-state index contributed by atoms with van der Waals surface area (Å²) in [5.41, 5.74) is 0.867. The van der Waals surface area contributed by atoms with E-state index in [9.17, 15) is 14.0 Å². The highest BCUT2D eigenvalue weighted by Gasteiger charge is 2.08. The molecule has 0 saturated carbocycles. The van der Waals surface area contributed by atoms with Gasteiger partial charge in [-0.05, 0) is 54.2 Å². The quantitative estimate of drug-likeness (QED) is 0.556. The fourth-order valence-electron chi connectivity index (χ4n) is 1.82. The lowest BCUT2D eigenvalue weighted by molar-refractivity contribution is -0.111. The van der Waals surface area contributed by atoms with Crippen molar-refractivity contribution in [3.63, 3.8) is 0 Å². The summed E-state index contributed by atoms with van der Waals surface area (Å²) >= 11 is 4.33. The topological polar surface area (TPSA) is 49.4 Å². The Kier molecular flexibility index (Phi) is 6.78. The van der Waals surface area contributed by atoms with Gasteiger partial charge in [-0.25, -0.2) is 4.39 Å². The first-order valence-electron chi connectivity index (χ1n) is 7.28. The number of benzene rings is 2. The summed E-state index contributed by atoms with van der Waals surface area (Å²) in [5, 5.41) is 2.59. The lowest BCUT2D eigenvalue weighted by Gasteiger charge is -2.10. The van der Waals surface area contributed by atoms with Crippen molar-refractivity contribution in [2.24, 2.45) is 0 Å². The standard InChI is InChI=1S/C18H16BrFN2O2S/c1-22(2)18(24)25-15-5-3-4-14(11-15)21-17(23)9-6-12-10-13(19)7-8-16(12)20/h3-11H,1-2H3,(H,21,23). The summed E-state index contributed by atoms with van der Waals surface area (Å²) in [6.45, 7) is 0. The van der Waals surface area contributed by atoms with Crippen LogP contribution in [-0.2, 0) is 4.79 Å². The van der Waals surface area contributed by atoms with Crippen LogP contribution in [0, 0.1) is 5.82 Å². The predicted molar refractivity (Wildman–Crippen MR) is 103 cm³/mol. The van der Waals surface area contributed by atoms with E-state index in [-0.39, 0.29) is 11.1 Å². The lowest BCUT2D eigenvalue weighted by Crippen LogP contribution is -2.16. The number of nitrogens with zero attached hydrogens (tertiary/aromatic N) is 1. The zero-order valence-electron chi connectivity index (χ0n) is 13.6. The van der Waals surface area contributed by atoms with E-state index in [0.29, 0.717) is 11.3 Å². The van der Waals surface area contributed by atoms with E-state index < -0.39 is 5.82 Å². The average Bonchev–Trinajstić information content (AvgIpc) is 2.56. The number of carbonyl (C=O) groups excluding carboxylic acids is 2. The van der Waals surface area contributed by atoms with E-state index in [1.165, 1.54) is 23.1 Å². The van der Waals surface area contributed by atoms with Crippen LogP contribution in [-0.4, -0.2) is 30.1 Å². The second-order valence-electron chi connectivity index (χ2n) is 5.28. The molecule has 0 atom stereocenters. The second-order valence-corrected chi connectivity index (χ2v) is 7.22. The molecule has 7 heteroatoms. The fraction of sp³-hybridized carbons (Fsp3) is 0.111. The van der Waals surface area contributed by atoms with Crippen LogP contribution in [0.5, 0.6) is 0 Å². The number of anilines is 1. The van der Waals surface area contributed by atoms with Gasteiger partial charge >= 0.3 is 0 Å². The van der Waals surface area contributed by atoms with Gasteiger partial charge in [0.15, 0.2) is 0 Å². The van der Waals surface area contributed by atoms with Crippen LogP contribution < -0.4 is 5.32 Å². The number of halogens is 2. The molecule has 0 radical (unpaired) electrons. The largest absolute Gasteiger partial charge is 0.339 e. The minimum atomic E-state index is -0.409. The van der Waals surface area contributed by atoms with E-state index in [1.54, 1.807) is 50.5 Å². The summed E-state index contributed by atoms with van der Waals surface area (Å²) in [6, 6.07) is 11.5. The first kappa shape index (κ1) is 19.2. The zero-order valence-corrected chi connectivity index (χ0v) is 16.0. The van der Waals surface area contributed by atoms with Crippen molar-refractivity contribution < 1.29 is 14.0 Å². The van der Waals surface area contributed by atoms with Crippen LogP contribution in [0.2, 0.25) is 0 Å². The summed E-state index contributed by atoms with van der Waals surface area (Å²) < 4.78 is 14.4. The third-order valence-electron chi connectivity index (χ3n) is 3.04. The van der Waals surface area contributed by atoms with E-state index in [2.05, 4.69) is 21.2 Å². The molecule has 0 spiro atoms. The van der Waals surface area contributed by atoms with Gasteiger partial charge < -0.3 is 10.2 Å². The van der Waals surface area contributed by atoms with Crippen LogP contribution >= 0.6 is 27.7 Å². The molecule has 2 aromatic rings. The summed E-state index contributed by atoms with van der Waals surface area (Å²) in [6.07, 6.45) is 2.67. The van der Waals surface area contributed by atoms with Crippen molar-refractivity contribution in [1.82, 2.24) is 4.90 Å². The molecule has 0 aliphatic heterocycles. The average molecular weight is 423 g/mol. The third kappa shape index (κ3) is 6.03. The Bertz CT molecular complexity index is 824. The Hall–Kier alpha value is -2.12. The van der Waals surface area contributed by atoms with Crippen molar-refractivity contribution in [2.75, 3.05) is 19.4 Å². The number of hydrogen-bond acceptors (Lipinski definition) is 3. The molecule has 0 heterocycles. The maximum absolute atomic E-state index is 13.6. The zero-order chi connectivity index (χ0) is 18.4. The van der Waals surface area contributed by atoms with Gasteiger partial charge in [0.1, 0.15) is 5.82 Å². The van der Waals surface area contributed by atoms with Crippen molar-refractivity contribution in [2.45, 2.75) is 4.90 Å². The van der Waals surface area contributed by atoms with E-state index >= 15 is 0 Å². The molecular formula is C18H16BrFN2O2S. The molecule has 2 aromatic carbocycles. The van der Waals surface area contributed by atoms with Gasteiger partial charge in [0.2, 0.25) is 5.91 Å². The Morgan fingerprint density at radius 1 is 1.20 bits per heavy atom. The van der Waals surface area contributed by atoms with Crippen LogP contribution in [0.25, 0.3) is 6.08 Å². The summed E-state index contributed by atoms with van der Waals surface area (Å²) in [5.74, 6) is -0.798. The first-order valence-corrected chi connectivity index (χ1v) is 8.89. The highest BCUT2D eigenvalue weighted by atomic mass is 79.9. The van der Waals surface area contributed by atoms with Crippen LogP contribution in [0.4, 0.5) is 14.9 Å². The molecule has 0 aliphatic rings. The Morgan fingerprint density at radius 3 is 2.68 bits per heavy atom. The minimum absolute atomic E-state index is 0.103.